The molecule has 0 aliphatic carbocycles. The Morgan fingerprint density at radius 2 is 1.94 bits per heavy atom. The average molecular weight is 488 g/mol. The van der Waals surface area contributed by atoms with E-state index in [0.717, 1.165) is 41.8 Å². The van der Waals surface area contributed by atoms with Crippen LogP contribution in [0.3, 0.4) is 0 Å². The second-order valence-corrected chi connectivity index (χ2v) is 8.39. The van der Waals surface area contributed by atoms with Gasteiger partial charge in [0.15, 0.2) is 0 Å². The van der Waals surface area contributed by atoms with Crippen LogP contribution >= 0.6 is 0 Å². The molecule has 1 aromatic carbocycles. The number of unbranched alkanes of at least 4 members (excludes halogenated alkanes) is 1. The van der Waals surface area contributed by atoms with E-state index in [-0.39, 0.29) is 17.8 Å². The Bertz CT molecular complexity index is 910. The highest BCUT2D eigenvalue weighted by atomic mass is 16.6. The van der Waals surface area contributed by atoms with Crippen molar-refractivity contribution < 1.29 is 33.6 Å². The van der Waals surface area contributed by atoms with Gasteiger partial charge in [-0.15, -0.1) is 0 Å². The molecule has 1 saturated heterocycles. The van der Waals surface area contributed by atoms with E-state index in [1.54, 1.807) is 6.07 Å². The number of aryl methyl sites for hydroxylation is 2. The maximum absolute atomic E-state index is 11.4. The highest BCUT2D eigenvalue weighted by molar-refractivity contribution is 5.69. The Morgan fingerprint density at radius 1 is 1.11 bits per heavy atom. The lowest BCUT2D eigenvalue weighted by Crippen LogP contribution is -2.33. The van der Waals surface area contributed by atoms with Gasteiger partial charge in [-0.1, -0.05) is 19.1 Å². The van der Waals surface area contributed by atoms with Crippen molar-refractivity contribution >= 4 is 5.97 Å². The molecule has 1 N–H and O–H groups in total. The van der Waals surface area contributed by atoms with Crippen molar-refractivity contribution in [2.45, 2.75) is 58.5 Å². The van der Waals surface area contributed by atoms with Crippen LogP contribution in [-0.2, 0) is 38.3 Å². The van der Waals surface area contributed by atoms with Gasteiger partial charge in [0, 0.05) is 18.1 Å². The first-order valence-electron chi connectivity index (χ1n) is 12.5. The summed E-state index contributed by atoms with van der Waals surface area (Å²) in [6.45, 7) is 6.80. The summed E-state index contributed by atoms with van der Waals surface area (Å²) >= 11 is 0. The summed E-state index contributed by atoms with van der Waals surface area (Å²) in [6, 6.07) is 9.57. The van der Waals surface area contributed by atoms with E-state index in [1.165, 1.54) is 0 Å². The third-order valence-electron chi connectivity index (χ3n) is 5.74. The number of benzene rings is 1. The van der Waals surface area contributed by atoms with Crippen LogP contribution in [0.5, 0.6) is 17.4 Å². The van der Waals surface area contributed by atoms with Gasteiger partial charge in [0.1, 0.15) is 24.2 Å². The van der Waals surface area contributed by atoms with Crippen LogP contribution in [0.2, 0.25) is 0 Å². The number of aromatic nitrogens is 1. The van der Waals surface area contributed by atoms with Gasteiger partial charge in [0.25, 0.3) is 0 Å². The Kier molecular flexibility index (Phi) is 11.1. The lowest BCUT2D eigenvalue weighted by atomic mass is 10.0. The smallest absolute Gasteiger partial charge is 0.305 e. The van der Waals surface area contributed by atoms with Gasteiger partial charge >= 0.3 is 5.97 Å². The molecular formula is C27H37NO7. The predicted octanol–water partition coefficient (Wildman–Crippen LogP) is 4.04. The average Bonchev–Trinajstić information content (AvgIpc) is 2.87. The van der Waals surface area contributed by atoms with Gasteiger partial charge in [-0.05, 0) is 56.7 Å². The molecule has 0 amide bonds. The fourth-order valence-corrected chi connectivity index (χ4v) is 3.87. The van der Waals surface area contributed by atoms with Crippen LogP contribution in [0, 0.1) is 0 Å². The number of rotatable bonds is 14. The topological polar surface area (TPSA) is 96.3 Å². The molecule has 0 saturated carbocycles. The molecule has 0 radical (unpaired) electrons. The third kappa shape index (κ3) is 9.03. The third-order valence-corrected chi connectivity index (χ3v) is 5.74. The number of aromatic hydroxyl groups is 1. The van der Waals surface area contributed by atoms with Crippen molar-refractivity contribution in [1.82, 2.24) is 4.98 Å². The minimum Gasteiger partial charge on any atom is -0.507 e. The zero-order chi connectivity index (χ0) is 24.9. The van der Waals surface area contributed by atoms with Crippen molar-refractivity contribution in [2.24, 2.45) is 0 Å². The van der Waals surface area contributed by atoms with Crippen molar-refractivity contribution in [3.8, 4) is 17.4 Å². The molecule has 2 heterocycles. The predicted molar refractivity (Wildman–Crippen MR) is 131 cm³/mol. The fraction of sp³-hybridized carbons (Fsp3) is 0.556. The molecule has 1 atom stereocenters. The first-order chi connectivity index (χ1) is 17.1. The van der Waals surface area contributed by atoms with E-state index in [1.807, 2.05) is 38.1 Å². The van der Waals surface area contributed by atoms with Crippen LogP contribution in [0.15, 0.2) is 30.3 Å². The summed E-state index contributed by atoms with van der Waals surface area (Å²) in [5.74, 6) is 1.26. The Balaban J connectivity index is 1.47. The number of nitrogens with zero attached hydrogens (tertiary/aromatic N) is 1. The monoisotopic (exact) mass is 487 g/mol. The maximum Gasteiger partial charge on any atom is 0.305 e. The zero-order valence-electron chi connectivity index (χ0n) is 20.8. The highest BCUT2D eigenvalue weighted by Crippen LogP contribution is 2.27. The van der Waals surface area contributed by atoms with Crippen LogP contribution < -0.4 is 9.47 Å². The largest absolute Gasteiger partial charge is 0.507 e. The number of hydrogen-bond acceptors (Lipinski definition) is 8. The lowest BCUT2D eigenvalue weighted by Gasteiger charge is -2.23. The maximum atomic E-state index is 11.4. The number of hydrogen-bond donors (Lipinski definition) is 1. The molecule has 8 nitrogen and oxygen atoms in total. The summed E-state index contributed by atoms with van der Waals surface area (Å²) < 4.78 is 27.5. The van der Waals surface area contributed by atoms with E-state index in [4.69, 9.17) is 23.7 Å². The number of pyridine rings is 1. The normalized spacial score (nSPS) is 15.5. The molecule has 8 heteroatoms. The summed E-state index contributed by atoms with van der Waals surface area (Å²) in [5.41, 5.74) is 2.84. The second-order valence-electron chi connectivity index (χ2n) is 8.39. The molecule has 3 rings (SSSR count). The van der Waals surface area contributed by atoms with E-state index < -0.39 is 0 Å². The van der Waals surface area contributed by atoms with Crippen molar-refractivity contribution in [2.75, 3.05) is 39.6 Å². The number of carbonyl (C=O) groups is 1. The fourth-order valence-electron chi connectivity index (χ4n) is 3.87. The summed E-state index contributed by atoms with van der Waals surface area (Å²) in [5, 5.41) is 10.5. The molecule has 2 aromatic rings. The minimum atomic E-state index is -0.157. The highest BCUT2D eigenvalue weighted by Gasteiger charge is 2.17. The molecular weight excluding hydrogens is 450 g/mol. The van der Waals surface area contributed by atoms with Crippen molar-refractivity contribution in [1.29, 1.82) is 0 Å². The van der Waals surface area contributed by atoms with Crippen molar-refractivity contribution in [3.63, 3.8) is 0 Å². The van der Waals surface area contributed by atoms with Gasteiger partial charge < -0.3 is 28.8 Å². The minimum absolute atomic E-state index is 0.125. The molecule has 0 spiro atoms. The quantitative estimate of drug-likeness (QED) is 0.315. The van der Waals surface area contributed by atoms with Crippen LogP contribution in [0.25, 0.3) is 0 Å². The Hall–Kier alpha value is -2.84. The van der Waals surface area contributed by atoms with Gasteiger partial charge in [0.05, 0.1) is 38.7 Å². The van der Waals surface area contributed by atoms with Crippen LogP contribution in [-0.4, -0.2) is 61.8 Å². The summed E-state index contributed by atoms with van der Waals surface area (Å²) in [6.07, 6.45) is 4.01. The SMILES string of the molecule is CCOC(=O)CCCCOc1ccc(CCc2nc(OCC3COCCO3)cc(O)c2CC)cc1. The molecule has 1 aromatic heterocycles. The Morgan fingerprint density at radius 3 is 2.66 bits per heavy atom. The lowest BCUT2D eigenvalue weighted by molar-refractivity contribution is -0.143. The Labute approximate surface area is 207 Å². The van der Waals surface area contributed by atoms with E-state index in [9.17, 15) is 9.90 Å². The molecule has 1 aliphatic heterocycles. The van der Waals surface area contributed by atoms with E-state index in [2.05, 4.69) is 4.98 Å². The van der Waals surface area contributed by atoms with Gasteiger partial charge in [-0.3, -0.25) is 4.79 Å². The first kappa shape index (κ1) is 26.8. The van der Waals surface area contributed by atoms with Crippen LogP contribution in [0.1, 0.15) is 49.9 Å². The second kappa shape index (κ2) is 14.5. The summed E-state index contributed by atoms with van der Waals surface area (Å²) in [7, 11) is 0. The van der Waals surface area contributed by atoms with Crippen LogP contribution in [0.4, 0.5) is 0 Å². The van der Waals surface area contributed by atoms with Gasteiger partial charge in [-0.2, -0.15) is 0 Å². The zero-order valence-corrected chi connectivity index (χ0v) is 20.8. The standard InChI is InChI=1S/C27H37NO7/c1-3-23-24(28-26(17-25(23)29)35-19-22-18-31-15-16-34-22)13-10-20-8-11-21(12-9-20)33-14-6-5-7-27(30)32-4-2/h8-9,11-12,17,22H,3-7,10,13-16,18-19H2,1-2H3,(H,28,29). The van der Waals surface area contributed by atoms with E-state index in [0.29, 0.717) is 64.8 Å². The molecule has 1 unspecified atom stereocenters. The number of ether oxygens (including phenoxy) is 5. The molecule has 35 heavy (non-hydrogen) atoms. The number of esters is 1. The summed E-state index contributed by atoms with van der Waals surface area (Å²) in [4.78, 5) is 16.0. The molecule has 192 valence electrons. The van der Waals surface area contributed by atoms with Crippen molar-refractivity contribution in [3.05, 3.63) is 47.2 Å². The number of carbonyl (C=O) groups excluding carboxylic acids is 1. The molecule has 0 bridgehead atoms. The first-order valence-corrected chi connectivity index (χ1v) is 12.5. The van der Waals surface area contributed by atoms with Gasteiger partial charge in [0.2, 0.25) is 5.88 Å². The van der Waals surface area contributed by atoms with Gasteiger partial charge in [-0.25, -0.2) is 4.98 Å². The van der Waals surface area contributed by atoms with E-state index >= 15 is 0 Å². The molecule has 1 aliphatic rings. The molecule has 1 fully saturated rings.